The number of nitrogens with one attached hydrogen (secondary N) is 1. The van der Waals surface area contributed by atoms with E-state index in [0.29, 0.717) is 5.92 Å². The van der Waals surface area contributed by atoms with Gasteiger partial charge in [0.2, 0.25) is 0 Å². The van der Waals surface area contributed by atoms with Crippen LogP contribution in [0.3, 0.4) is 0 Å². The average molecular weight is 309 g/mol. The standard InChI is InChI=1S/C19H23N3O/c1-15-4-2-5-17(12-15)19(23)21-13-16-7-10-22(11-8-16)18-6-3-9-20-14-18/h2-6,9,12,14,16H,7-8,10-11,13H2,1H3,(H,21,23). The number of nitrogens with zero attached hydrogens (tertiary/aromatic N) is 2. The summed E-state index contributed by atoms with van der Waals surface area (Å²) < 4.78 is 0. The zero-order valence-electron chi connectivity index (χ0n) is 13.5. The summed E-state index contributed by atoms with van der Waals surface area (Å²) in [6.45, 7) is 4.81. The Kier molecular flexibility index (Phi) is 4.91. The van der Waals surface area contributed by atoms with Gasteiger partial charge in [0.25, 0.3) is 5.91 Å². The molecule has 0 aliphatic carbocycles. The van der Waals surface area contributed by atoms with Crippen LogP contribution in [0.15, 0.2) is 48.8 Å². The molecular weight excluding hydrogens is 286 g/mol. The predicted octanol–water partition coefficient (Wildman–Crippen LogP) is 3.04. The first-order chi connectivity index (χ1) is 11.2. The van der Waals surface area contributed by atoms with E-state index in [1.807, 2.05) is 43.5 Å². The third-order valence-electron chi connectivity index (χ3n) is 4.46. The number of hydrogen-bond donors (Lipinski definition) is 1. The minimum Gasteiger partial charge on any atom is -0.370 e. The molecule has 1 N–H and O–H groups in total. The van der Waals surface area contributed by atoms with Crippen LogP contribution in [0.1, 0.15) is 28.8 Å². The Balaban J connectivity index is 1.47. The Morgan fingerprint density at radius 2 is 2.09 bits per heavy atom. The summed E-state index contributed by atoms with van der Waals surface area (Å²) in [6, 6.07) is 11.8. The maximum absolute atomic E-state index is 12.2. The molecular formula is C19H23N3O. The van der Waals surface area contributed by atoms with Crippen molar-refractivity contribution in [1.29, 1.82) is 0 Å². The molecule has 1 aromatic carbocycles. The van der Waals surface area contributed by atoms with Gasteiger partial charge in [-0.15, -0.1) is 0 Å². The summed E-state index contributed by atoms with van der Waals surface area (Å²) in [4.78, 5) is 18.7. The molecule has 4 heteroatoms. The maximum atomic E-state index is 12.2. The van der Waals surface area contributed by atoms with Crippen LogP contribution in [-0.4, -0.2) is 30.5 Å². The Labute approximate surface area is 137 Å². The summed E-state index contributed by atoms with van der Waals surface area (Å²) in [5.74, 6) is 0.583. The lowest BCUT2D eigenvalue weighted by Crippen LogP contribution is -2.38. The van der Waals surface area contributed by atoms with E-state index in [1.54, 1.807) is 6.20 Å². The van der Waals surface area contributed by atoms with Crippen LogP contribution in [0.4, 0.5) is 5.69 Å². The highest BCUT2D eigenvalue weighted by atomic mass is 16.1. The average Bonchev–Trinajstić information content (AvgIpc) is 2.61. The van der Waals surface area contributed by atoms with Crippen molar-refractivity contribution < 1.29 is 4.79 Å². The fourth-order valence-corrected chi connectivity index (χ4v) is 3.06. The predicted molar refractivity (Wildman–Crippen MR) is 92.7 cm³/mol. The second-order valence-corrected chi connectivity index (χ2v) is 6.22. The second-order valence-electron chi connectivity index (χ2n) is 6.22. The van der Waals surface area contributed by atoms with Crippen LogP contribution in [0.2, 0.25) is 0 Å². The van der Waals surface area contributed by atoms with Gasteiger partial charge in [0.1, 0.15) is 0 Å². The van der Waals surface area contributed by atoms with Gasteiger partial charge >= 0.3 is 0 Å². The summed E-state index contributed by atoms with van der Waals surface area (Å²) in [5.41, 5.74) is 3.05. The van der Waals surface area contributed by atoms with Gasteiger partial charge in [0.05, 0.1) is 11.9 Å². The Morgan fingerprint density at radius 3 is 2.78 bits per heavy atom. The first-order valence-electron chi connectivity index (χ1n) is 8.22. The lowest BCUT2D eigenvalue weighted by atomic mass is 9.96. The smallest absolute Gasteiger partial charge is 0.251 e. The summed E-state index contributed by atoms with van der Waals surface area (Å²) in [7, 11) is 0. The van der Waals surface area contributed by atoms with E-state index in [4.69, 9.17) is 0 Å². The van der Waals surface area contributed by atoms with E-state index >= 15 is 0 Å². The lowest BCUT2D eigenvalue weighted by molar-refractivity contribution is 0.0945. The summed E-state index contributed by atoms with van der Waals surface area (Å²) in [5, 5.41) is 3.08. The number of pyridine rings is 1. The molecule has 0 bridgehead atoms. The Morgan fingerprint density at radius 1 is 1.26 bits per heavy atom. The number of piperidine rings is 1. The highest BCUT2D eigenvalue weighted by Gasteiger charge is 2.20. The van der Waals surface area contributed by atoms with E-state index in [-0.39, 0.29) is 5.91 Å². The number of anilines is 1. The normalized spacial score (nSPS) is 15.4. The number of aryl methyl sites for hydroxylation is 1. The van der Waals surface area contributed by atoms with Crippen molar-refractivity contribution in [3.63, 3.8) is 0 Å². The van der Waals surface area contributed by atoms with E-state index in [0.717, 1.165) is 43.6 Å². The summed E-state index contributed by atoms with van der Waals surface area (Å²) in [6.07, 6.45) is 5.92. The monoisotopic (exact) mass is 309 g/mol. The number of rotatable bonds is 4. The molecule has 1 amide bonds. The van der Waals surface area contributed by atoms with Gasteiger partial charge < -0.3 is 10.2 Å². The molecule has 1 aliphatic rings. The van der Waals surface area contributed by atoms with Gasteiger partial charge in [-0.25, -0.2) is 0 Å². The highest BCUT2D eigenvalue weighted by Crippen LogP contribution is 2.22. The molecule has 2 heterocycles. The Bertz CT molecular complexity index is 649. The van der Waals surface area contributed by atoms with Crippen molar-refractivity contribution in [2.75, 3.05) is 24.5 Å². The quantitative estimate of drug-likeness (QED) is 0.944. The number of amides is 1. The number of aromatic nitrogens is 1. The van der Waals surface area contributed by atoms with Crippen molar-refractivity contribution in [1.82, 2.24) is 10.3 Å². The molecule has 0 atom stereocenters. The number of carbonyl (C=O) groups excluding carboxylic acids is 1. The van der Waals surface area contributed by atoms with Crippen LogP contribution < -0.4 is 10.2 Å². The SMILES string of the molecule is Cc1cccc(C(=O)NCC2CCN(c3cccnc3)CC2)c1. The molecule has 4 nitrogen and oxygen atoms in total. The number of hydrogen-bond acceptors (Lipinski definition) is 3. The molecule has 1 aromatic heterocycles. The third kappa shape index (κ3) is 4.09. The first kappa shape index (κ1) is 15.5. The second kappa shape index (κ2) is 7.27. The lowest BCUT2D eigenvalue weighted by Gasteiger charge is -2.33. The molecule has 2 aromatic rings. The molecule has 1 saturated heterocycles. The topological polar surface area (TPSA) is 45.2 Å². The van der Waals surface area contributed by atoms with Crippen molar-refractivity contribution in [3.05, 3.63) is 59.9 Å². The van der Waals surface area contributed by atoms with E-state index < -0.39 is 0 Å². The van der Waals surface area contributed by atoms with Crippen LogP contribution in [0.25, 0.3) is 0 Å². The molecule has 1 aliphatic heterocycles. The molecule has 23 heavy (non-hydrogen) atoms. The van der Waals surface area contributed by atoms with Crippen LogP contribution in [-0.2, 0) is 0 Å². The number of carbonyl (C=O) groups is 1. The fraction of sp³-hybridized carbons (Fsp3) is 0.368. The van der Waals surface area contributed by atoms with Gasteiger partial charge in [-0.05, 0) is 49.9 Å². The van der Waals surface area contributed by atoms with E-state index in [9.17, 15) is 4.79 Å². The molecule has 0 saturated carbocycles. The minimum atomic E-state index is 0.0309. The zero-order chi connectivity index (χ0) is 16.1. The Hall–Kier alpha value is -2.36. The molecule has 0 radical (unpaired) electrons. The van der Waals surface area contributed by atoms with E-state index in [1.165, 1.54) is 5.69 Å². The van der Waals surface area contributed by atoms with Gasteiger partial charge in [-0.2, -0.15) is 0 Å². The number of benzene rings is 1. The first-order valence-corrected chi connectivity index (χ1v) is 8.22. The van der Waals surface area contributed by atoms with Crippen molar-refractivity contribution in [2.24, 2.45) is 5.92 Å². The molecule has 0 spiro atoms. The van der Waals surface area contributed by atoms with Crippen LogP contribution in [0, 0.1) is 12.8 Å². The van der Waals surface area contributed by atoms with Crippen LogP contribution in [0.5, 0.6) is 0 Å². The summed E-state index contributed by atoms with van der Waals surface area (Å²) >= 11 is 0. The van der Waals surface area contributed by atoms with Gasteiger partial charge in [0, 0.05) is 31.4 Å². The largest absolute Gasteiger partial charge is 0.370 e. The highest BCUT2D eigenvalue weighted by molar-refractivity contribution is 5.94. The molecule has 3 rings (SSSR count). The van der Waals surface area contributed by atoms with Crippen molar-refractivity contribution >= 4 is 11.6 Å². The molecule has 120 valence electrons. The van der Waals surface area contributed by atoms with E-state index in [2.05, 4.69) is 21.3 Å². The molecule has 0 unspecified atom stereocenters. The maximum Gasteiger partial charge on any atom is 0.251 e. The third-order valence-corrected chi connectivity index (χ3v) is 4.46. The van der Waals surface area contributed by atoms with Crippen molar-refractivity contribution in [3.8, 4) is 0 Å². The minimum absolute atomic E-state index is 0.0309. The van der Waals surface area contributed by atoms with Gasteiger partial charge in [-0.1, -0.05) is 17.7 Å². The van der Waals surface area contributed by atoms with Gasteiger partial charge in [-0.3, -0.25) is 9.78 Å². The fourth-order valence-electron chi connectivity index (χ4n) is 3.06. The van der Waals surface area contributed by atoms with Crippen molar-refractivity contribution in [2.45, 2.75) is 19.8 Å². The van der Waals surface area contributed by atoms with Crippen LogP contribution >= 0.6 is 0 Å². The van der Waals surface area contributed by atoms with Gasteiger partial charge in [0.15, 0.2) is 0 Å². The molecule has 1 fully saturated rings. The zero-order valence-corrected chi connectivity index (χ0v) is 13.5.